The molecule has 156 valence electrons. The van der Waals surface area contributed by atoms with Gasteiger partial charge < -0.3 is 15.0 Å². The number of nitrogens with zero attached hydrogens (tertiary/aromatic N) is 1. The highest BCUT2D eigenvalue weighted by atomic mass is 32.2. The first-order valence-corrected chi connectivity index (χ1v) is 10.4. The summed E-state index contributed by atoms with van der Waals surface area (Å²) in [6, 6.07) is 8.31. The second-order valence-corrected chi connectivity index (χ2v) is 8.36. The molecule has 1 aliphatic rings. The molecule has 0 unspecified atom stereocenters. The molecule has 1 heterocycles. The molecule has 0 saturated carbocycles. The molecule has 0 atom stereocenters. The number of rotatable bonds is 5. The van der Waals surface area contributed by atoms with Crippen LogP contribution in [-0.2, 0) is 10.0 Å². The van der Waals surface area contributed by atoms with Gasteiger partial charge in [-0.25, -0.2) is 26.7 Å². The smallest absolute Gasteiger partial charge is 0.321 e. The molecule has 7 nitrogen and oxygen atoms in total. The van der Waals surface area contributed by atoms with Gasteiger partial charge in [-0.1, -0.05) is 0 Å². The van der Waals surface area contributed by atoms with Gasteiger partial charge in [-0.3, -0.25) is 0 Å². The lowest BCUT2D eigenvalue weighted by atomic mass is 10.1. The molecule has 0 radical (unpaired) electrons. The number of amides is 2. The van der Waals surface area contributed by atoms with Crippen LogP contribution in [0.4, 0.5) is 19.3 Å². The minimum atomic E-state index is -4.06. The van der Waals surface area contributed by atoms with Crippen LogP contribution in [0.25, 0.3) is 0 Å². The normalized spacial score (nSPS) is 15.2. The van der Waals surface area contributed by atoms with E-state index >= 15 is 0 Å². The van der Waals surface area contributed by atoms with Crippen molar-refractivity contribution in [2.45, 2.75) is 23.8 Å². The molecule has 1 fully saturated rings. The molecule has 1 saturated heterocycles. The van der Waals surface area contributed by atoms with E-state index in [2.05, 4.69) is 10.0 Å². The SMILES string of the molecule is COc1ccc(NC(=O)N2CCC(NS(=O)(=O)c3cc(F)cc(F)c3)CC2)cc1. The van der Waals surface area contributed by atoms with Gasteiger partial charge in [0.25, 0.3) is 0 Å². The Balaban J connectivity index is 1.54. The maximum absolute atomic E-state index is 13.3. The van der Waals surface area contributed by atoms with Crippen molar-refractivity contribution in [3.8, 4) is 5.75 Å². The molecular weight excluding hydrogens is 404 g/mol. The highest BCUT2D eigenvalue weighted by molar-refractivity contribution is 7.89. The highest BCUT2D eigenvalue weighted by Gasteiger charge is 2.27. The molecule has 29 heavy (non-hydrogen) atoms. The Morgan fingerprint density at radius 1 is 1.07 bits per heavy atom. The lowest BCUT2D eigenvalue weighted by Gasteiger charge is -2.32. The number of sulfonamides is 1. The van der Waals surface area contributed by atoms with Crippen LogP contribution < -0.4 is 14.8 Å². The summed E-state index contributed by atoms with van der Waals surface area (Å²) in [5.74, 6) is -1.25. The van der Waals surface area contributed by atoms with Crippen molar-refractivity contribution in [3.63, 3.8) is 0 Å². The molecule has 0 aliphatic carbocycles. The summed E-state index contributed by atoms with van der Waals surface area (Å²) in [6.45, 7) is 0.680. The van der Waals surface area contributed by atoms with Crippen LogP contribution in [0.15, 0.2) is 47.4 Å². The largest absolute Gasteiger partial charge is 0.497 e. The van der Waals surface area contributed by atoms with Crippen molar-refractivity contribution in [2.24, 2.45) is 0 Å². The molecule has 2 amide bonds. The van der Waals surface area contributed by atoms with Crippen LogP contribution in [0.3, 0.4) is 0 Å². The van der Waals surface area contributed by atoms with E-state index in [0.717, 1.165) is 12.1 Å². The molecule has 0 bridgehead atoms. The number of carbonyl (C=O) groups is 1. The summed E-state index contributed by atoms with van der Waals surface area (Å²) in [7, 11) is -2.51. The Labute approximate surface area is 167 Å². The van der Waals surface area contributed by atoms with E-state index in [1.54, 1.807) is 36.3 Å². The topological polar surface area (TPSA) is 87.7 Å². The van der Waals surface area contributed by atoms with Crippen LogP contribution in [0.1, 0.15) is 12.8 Å². The number of halogens is 2. The zero-order valence-electron chi connectivity index (χ0n) is 15.7. The number of nitrogens with one attached hydrogen (secondary N) is 2. The average molecular weight is 425 g/mol. The first-order valence-electron chi connectivity index (χ1n) is 8.95. The van der Waals surface area contributed by atoms with Crippen LogP contribution in [0, 0.1) is 11.6 Å². The first-order chi connectivity index (χ1) is 13.8. The third-order valence-corrected chi connectivity index (χ3v) is 6.09. The standard InChI is InChI=1S/C19H21F2N3O4S/c1-28-17-4-2-15(3-5-17)22-19(25)24-8-6-16(7-9-24)23-29(26,27)18-11-13(20)10-14(21)12-18/h2-5,10-12,16,23H,6-9H2,1H3,(H,22,25). The second-order valence-electron chi connectivity index (χ2n) is 6.65. The Kier molecular flexibility index (Phi) is 6.33. The third-order valence-electron chi connectivity index (χ3n) is 4.59. The highest BCUT2D eigenvalue weighted by Crippen LogP contribution is 2.19. The van der Waals surface area contributed by atoms with E-state index < -0.39 is 32.6 Å². The average Bonchev–Trinajstić information content (AvgIpc) is 2.68. The van der Waals surface area contributed by atoms with E-state index in [0.29, 0.717) is 43.4 Å². The number of ether oxygens (including phenoxy) is 1. The summed E-state index contributed by atoms with van der Waals surface area (Å²) in [4.78, 5) is 13.5. The monoisotopic (exact) mass is 425 g/mol. The van der Waals surface area contributed by atoms with Crippen LogP contribution in [0.5, 0.6) is 5.75 Å². The van der Waals surface area contributed by atoms with E-state index in [-0.39, 0.29) is 6.03 Å². The van der Waals surface area contributed by atoms with Gasteiger partial charge in [0.15, 0.2) is 0 Å². The maximum atomic E-state index is 13.3. The fourth-order valence-corrected chi connectivity index (χ4v) is 4.39. The van der Waals surface area contributed by atoms with Gasteiger partial charge in [0, 0.05) is 30.9 Å². The van der Waals surface area contributed by atoms with Crippen molar-refractivity contribution in [1.82, 2.24) is 9.62 Å². The fourth-order valence-electron chi connectivity index (χ4n) is 3.05. The minimum Gasteiger partial charge on any atom is -0.497 e. The number of anilines is 1. The molecule has 0 spiro atoms. The van der Waals surface area contributed by atoms with Crippen molar-refractivity contribution in [2.75, 3.05) is 25.5 Å². The Bertz CT molecular complexity index is 955. The molecule has 2 N–H and O–H groups in total. The van der Waals surface area contributed by atoms with Crippen molar-refractivity contribution in [1.29, 1.82) is 0 Å². The minimum absolute atomic E-state index is 0.288. The van der Waals surface area contributed by atoms with Crippen molar-refractivity contribution < 1.29 is 26.7 Å². The Morgan fingerprint density at radius 3 is 2.21 bits per heavy atom. The van der Waals surface area contributed by atoms with E-state index in [4.69, 9.17) is 4.74 Å². The van der Waals surface area contributed by atoms with Gasteiger partial charge in [0.05, 0.1) is 12.0 Å². The van der Waals surface area contributed by atoms with Gasteiger partial charge in [-0.05, 0) is 49.2 Å². The number of piperidine rings is 1. The predicted molar refractivity (Wildman–Crippen MR) is 103 cm³/mol. The molecule has 2 aromatic rings. The van der Waals surface area contributed by atoms with Crippen LogP contribution in [0.2, 0.25) is 0 Å². The molecule has 0 aromatic heterocycles. The summed E-state index contributed by atoms with van der Waals surface area (Å²) >= 11 is 0. The first kappa shape index (κ1) is 21.0. The number of benzene rings is 2. The zero-order chi connectivity index (χ0) is 21.0. The number of methoxy groups -OCH3 is 1. The summed E-state index contributed by atoms with van der Waals surface area (Å²) < 4.78 is 58.9. The van der Waals surface area contributed by atoms with E-state index in [1.165, 1.54) is 0 Å². The lowest BCUT2D eigenvalue weighted by molar-refractivity contribution is 0.193. The van der Waals surface area contributed by atoms with Crippen LogP contribution >= 0.6 is 0 Å². The predicted octanol–water partition coefficient (Wildman–Crippen LogP) is 2.95. The van der Waals surface area contributed by atoms with E-state index in [1.807, 2.05) is 0 Å². The third kappa shape index (κ3) is 5.42. The van der Waals surface area contributed by atoms with E-state index in [9.17, 15) is 22.0 Å². The Hall–Kier alpha value is -2.72. The molecule has 3 rings (SSSR count). The number of urea groups is 1. The van der Waals surface area contributed by atoms with Crippen molar-refractivity contribution in [3.05, 3.63) is 54.1 Å². The number of hydrogen-bond donors (Lipinski definition) is 2. The lowest BCUT2D eigenvalue weighted by Crippen LogP contribution is -2.47. The van der Waals surface area contributed by atoms with Gasteiger partial charge in [-0.2, -0.15) is 0 Å². The molecule has 1 aliphatic heterocycles. The molecule has 10 heteroatoms. The van der Waals surface area contributed by atoms with Gasteiger partial charge in [-0.15, -0.1) is 0 Å². The summed E-state index contributed by atoms with van der Waals surface area (Å²) in [5, 5.41) is 2.77. The van der Waals surface area contributed by atoms with Crippen molar-refractivity contribution >= 4 is 21.7 Å². The number of carbonyl (C=O) groups excluding carboxylic acids is 1. The van der Waals surface area contributed by atoms with Crippen LogP contribution in [-0.4, -0.2) is 45.6 Å². The fraction of sp³-hybridized carbons (Fsp3) is 0.316. The summed E-state index contributed by atoms with van der Waals surface area (Å²) in [6.07, 6.45) is 0.764. The number of hydrogen-bond acceptors (Lipinski definition) is 4. The maximum Gasteiger partial charge on any atom is 0.321 e. The second kappa shape index (κ2) is 8.75. The van der Waals surface area contributed by atoms with Gasteiger partial charge >= 0.3 is 6.03 Å². The summed E-state index contributed by atoms with van der Waals surface area (Å²) in [5.41, 5.74) is 0.617. The quantitative estimate of drug-likeness (QED) is 0.771. The van der Waals surface area contributed by atoms with Gasteiger partial charge in [0.2, 0.25) is 10.0 Å². The molecular formula is C19H21F2N3O4S. The molecule has 2 aromatic carbocycles. The zero-order valence-corrected chi connectivity index (χ0v) is 16.5. The number of likely N-dealkylation sites (tertiary alicyclic amines) is 1. The van der Waals surface area contributed by atoms with Gasteiger partial charge in [0.1, 0.15) is 17.4 Å². The Morgan fingerprint density at radius 2 is 1.66 bits per heavy atom.